The summed E-state index contributed by atoms with van der Waals surface area (Å²) < 4.78 is 0. The third-order valence-electron chi connectivity index (χ3n) is 5.34. The number of carbonyl (C=O) groups is 3. The molecule has 0 spiro atoms. The highest BCUT2D eigenvalue weighted by Gasteiger charge is 2.33. The van der Waals surface area contributed by atoms with Gasteiger partial charge in [0.05, 0.1) is 11.3 Å². The molecule has 130 valence electrons. The monoisotopic (exact) mass is 331 g/mol. The molecule has 2 fully saturated rings. The fourth-order valence-electron chi connectivity index (χ4n) is 3.62. The number of nitrogens with one attached hydrogen (secondary N) is 1. The number of amides is 2. The Kier molecular flexibility index (Phi) is 4.47. The van der Waals surface area contributed by atoms with Gasteiger partial charge in [-0.2, -0.15) is 0 Å². The largest absolute Gasteiger partial charge is 0.355 e. The topological polar surface area (TPSA) is 73.5 Å². The van der Waals surface area contributed by atoms with Gasteiger partial charge < -0.3 is 14.8 Å². The Morgan fingerprint density at radius 1 is 1.00 bits per heavy atom. The van der Waals surface area contributed by atoms with Gasteiger partial charge in [-0.05, 0) is 32.3 Å². The molecule has 1 aromatic heterocycles. The molecule has 3 rings (SSSR count). The smallest absolute Gasteiger partial charge is 0.256 e. The first kappa shape index (κ1) is 16.7. The van der Waals surface area contributed by atoms with E-state index in [1.165, 1.54) is 6.92 Å². The van der Waals surface area contributed by atoms with Crippen LogP contribution >= 0.6 is 0 Å². The number of H-pyrrole nitrogens is 1. The summed E-state index contributed by atoms with van der Waals surface area (Å²) >= 11 is 0. The van der Waals surface area contributed by atoms with E-state index in [2.05, 4.69) is 4.98 Å². The molecule has 0 aromatic carbocycles. The van der Waals surface area contributed by atoms with Crippen molar-refractivity contribution in [1.29, 1.82) is 0 Å². The van der Waals surface area contributed by atoms with Crippen LogP contribution in [0, 0.1) is 19.8 Å². The van der Waals surface area contributed by atoms with Crippen LogP contribution in [0.5, 0.6) is 0 Å². The first-order valence-electron chi connectivity index (χ1n) is 8.68. The van der Waals surface area contributed by atoms with Crippen LogP contribution in [0.25, 0.3) is 0 Å². The van der Waals surface area contributed by atoms with Crippen molar-refractivity contribution < 1.29 is 14.4 Å². The molecule has 2 heterocycles. The minimum Gasteiger partial charge on any atom is -0.355 e. The van der Waals surface area contributed by atoms with Gasteiger partial charge in [0.25, 0.3) is 5.91 Å². The van der Waals surface area contributed by atoms with E-state index in [-0.39, 0.29) is 23.5 Å². The molecule has 1 saturated heterocycles. The van der Waals surface area contributed by atoms with Crippen molar-refractivity contribution in [2.24, 2.45) is 5.92 Å². The van der Waals surface area contributed by atoms with E-state index in [1.54, 1.807) is 4.90 Å². The molecule has 1 aliphatic heterocycles. The van der Waals surface area contributed by atoms with Gasteiger partial charge in [-0.3, -0.25) is 14.4 Å². The number of nitrogens with zero attached hydrogens (tertiary/aromatic N) is 2. The average Bonchev–Trinajstić information content (AvgIpc) is 2.80. The lowest BCUT2D eigenvalue weighted by Gasteiger charge is -2.38. The van der Waals surface area contributed by atoms with Gasteiger partial charge in [0, 0.05) is 44.7 Å². The van der Waals surface area contributed by atoms with Gasteiger partial charge in [0.15, 0.2) is 5.78 Å². The number of aromatic amines is 1. The SMILES string of the molecule is CC(=O)c1[nH]c(C)c(C(=O)N2CCN(C(=O)C3CCC3)CC2)c1C. The summed E-state index contributed by atoms with van der Waals surface area (Å²) in [7, 11) is 0. The molecular weight excluding hydrogens is 306 g/mol. The maximum Gasteiger partial charge on any atom is 0.256 e. The van der Waals surface area contributed by atoms with E-state index in [9.17, 15) is 14.4 Å². The summed E-state index contributed by atoms with van der Waals surface area (Å²) in [5.41, 5.74) is 2.56. The predicted molar refractivity (Wildman–Crippen MR) is 90.1 cm³/mol. The number of aromatic nitrogens is 1. The van der Waals surface area contributed by atoms with Crippen molar-refractivity contribution in [2.45, 2.75) is 40.0 Å². The number of carbonyl (C=O) groups excluding carboxylic acids is 3. The Morgan fingerprint density at radius 2 is 1.58 bits per heavy atom. The predicted octanol–water partition coefficient (Wildman–Crippen LogP) is 1.92. The van der Waals surface area contributed by atoms with Crippen molar-refractivity contribution in [3.63, 3.8) is 0 Å². The fourth-order valence-corrected chi connectivity index (χ4v) is 3.62. The van der Waals surface area contributed by atoms with E-state index < -0.39 is 0 Å². The van der Waals surface area contributed by atoms with E-state index >= 15 is 0 Å². The van der Waals surface area contributed by atoms with Crippen LogP contribution in [0.3, 0.4) is 0 Å². The molecule has 1 aromatic rings. The zero-order valence-corrected chi connectivity index (χ0v) is 14.6. The summed E-state index contributed by atoms with van der Waals surface area (Å²) in [6.07, 6.45) is 3.17. The lowest BCUT2D eigenvalue weighted by molar-refractivity contribution is -0.139. The van der Waals surface area contributed by atoms with Gasteiger partial charge in [-0.1, -0.05) is 6.42 Å². The Morgan fingerprint density at radius 3 is 2.04 bits per heavy atom. The van der Waals surface area contributed by atoms with Crippen LogP contribution in [0.4, 0.5) is 0 Å². The number of rotatable bonds is 3. The molecule has 6 heteroatoms. The second-order valence-electron chi connectivity index (χ2n) is 6.93. The van der Waals surface area contributed by atoms with Crippen LogP contribution in [0.2, 0.25) is 0 Å². The van der Waals surface area contributed by atoms with E-state index in [1.807, 2.05) is 18.7 Å². The van der Waals surface area contributed by atoms with Gasteiger partial charge in [0.2, 0.25) is 5.91 Å². The molecule has 1 aliphatic carbocycles. The first-order chi connectivity index (χ1) is 11.4. The van der Waals surface area contributed by atoms with Crippen LogP contribution in [-0.4, -0.2) is 58.6 Å². The van der Waals surface area contributed by atoms with E-state index in [0.29, 0.717) is 37.4 Å². The third-order valence-corrected chi connectivity index (χ3v) is 5.34. The highest BCUT2D eigenvalue weighted by Crippen LogP contribution is 2.29. The molecule has 24 heavy (non-hydrogen) atoms. The minimum absolute atomic E-state index is 0.0514. The normalized spacial score (nSPS) is 18.5. The molecule has 0 bridgehead atoms. The number of piperazine rings is 1. The van der Waals surface area contributed by atoms with Crippen LogP contribution < -0.4 is 0 Å². The minimum atomic E-state index is -0.0643. The maximum atomic E-state index is 12.8. The molecule has 2 amide bonds. The molecule has 1 saturated carbocycles. The highest BCUT2D eigenvalue weighted by molar-refractivity contribution is 6.02. The zero-order chi connectivity index (χ0) is 17.4. The summed E-state index contributed by atoms with van der Waals surface area (Å²) in [5, 5.41) is 0. The zero-order valence-electron chi connectivity index (χ0n) is 14.6. The third kappa shape index (κ3) is 2.85. The van der Waals surface area contributed by atoms with Gasteiger partial charge >= 0.3 is 0 Å². The van der Waals surface area contributed by atoms with Crippen molar-refractivity contribution in [3.8, 4) is 0 Å². The van der Waals surface area contributed by atoms with Gasteiger partial charge in [-0.25, -0.2) is 0 Å². The quantitative estimate of drug-likeness (QED) is 0.860. The number of hydrogen-bond acceptors (Lipinski definition) is 3. The fraction of sp³-hybridized carbons (Fsp3) is 0.611. The van der Waals surface area contributed by atoms with Crippen LogP contribution in [0.15, 0.2) is 0 Å². The van der Waals surface area contributed by atoms with E-state index in [0.717, 1.165) is 30.5 Å². The Hall–Kier alpha value is -2.11. The van der Waals surface area contributed by atoms with Crippen molar-refractivity contribution in [1.82, 2.24) is 14.8 Å². The highest BCUT2D eigenvalue weighted by atomic mass is 16.2. The molecule has 6 nitrogen and oxygen atoms in total. The summed E-state index contributed by atoms with van der Waals surface area (Å²) in [6, 6.07) is 0. The van der Waals surface area contributed by atoms with Crippen molar-refractivity contribution >= 4 is 17.6 Å². The van der Waals surface area contributed by atoms with Crippen molar-refractivity contribution in [2.75, 3.05) is 26.2 Å². The Balaban J connectivity index is 1.67. The van der Waals surface area contributed by atoms with E-state index in [4.69, 9.17) is 0 Å². The van der Waals surface area contributed by atoms with Crippen LogP contribution in [-0.2, 0) is 4.79 Å². The standard InChI is InChI=1S/C18H25N3O3/c1-11-15(12(2)19-16(11)13(3)22)18(24)21-9-7-20(8-10-21)17(23)14-5-4-6-14/h14,19H,4-10H2,1-3H3. The van der Waals surface area contributed by atoms with Crippen molar-refractivity contribution in [3.05, 3.63) is 22.5 Å². The summed E-state index contributed by atoms with van der Waals surface area (Å²) in [6.45, 7) is 7.43. The second-order valence-corrected chi connectivity index (χ2v) is 6.93. The lowest BCUT2D eigenvalue weighted by atomic mass is 9.84. The Labute approximate surface area is 142 Å². The molecule has 0 atom stereocenters. The average molecular weight is 331 g/mol. The molecule has 2 aliphatic rings. The van der Waals surface area contributed by atoms with Gasteiger partial charge in [0.1, 0.15) is 0 Å². The number of hydrogen-bond donors (Lipinski definition) is 1. The summed E-state index contributed by atoms with van der Waals surface area (Å²) in [4.78, 5) is 43.5. The first-order valence-corrected chi connectivity index (χ1v) is 8.68. The van der Waals surface area contributed by atoms with Gasteiger partial charge in [-0.15, -0.1) is 0 Å². The molecule has 0 radical (unpaired) electrons. The Bertz CT molecular complexity index is 680. The molecule has 0 unspecified atom stereocenters. The number of Topliss-reactive ketones (excluding diaryl/α,β-unsaturated/α-hetero) is 1. The second kappa shape index (κ2) is 6.42. The maximum absolute atomic E-state index is 12.8. The molecule has 1 N–H and O–H groups in total. The number of ketones is 1. The summed E-state index contributed by atoms with van der Waals surface area (Å²) in [5.74, 6) is 0.343. The number of aryl methyl sites for hydroxylation is 1. The van der Waals surface area contributed by atoms with Crippen LogP contribution in [0.1, 0.15) is 58.3 Å². The molecular formula is C18H25N3O3. The lowest BCUT2D eigenvalue weighted by Crippen LogP contribution is -2.52.